The maximum atomic E-state index is 9.97. The molecule has 7 heteroatoms. The minimum Gasteiger partial charge on any atom is -0.389 e. The lowest BCUT2D eigenvalue weighted by Gasteiger charge is -2.37. The van der Waals surface area contributed by atoms with E-state index < -0.39 is 6.10 Å². The number of anilines is 1. The van der Waals surface area contributed by atoms with Gasteiger partial charge in [0.15, 0.2) is 0 Å². The molecule has 4 nitrogen and oxygen atoms in total. The summed E-state index contributed by atoms with van der Waals surface area (Å²) in [7, 11) is 0. The first kappa shape index (κ1) is 22.8. The number of ether oxygens (including phenoxy) is 1. The molecule has 1 aromatic rings. The van der Waals surface area contributed by atoms with Gasteiger partial charge in [0, 0.05) is 43.4 Å². The summed E-state index contributed by atoms with van der Waals surface area (Å²) in [4.78, 5) is 4.62. The van der Waals surface area contributed by atoms with E-state index in [0.717, 1.165) is 31.2 Å². The molecular formula is C16H27Cl3N2O2. The molecule has 1 aliphatic rings. The topological polar surface area (TPSA) is 35.9 Å². The number of piperazine rings is 1. The Hall–Kier alpha value is -0.230. The summed E-state index contributed by atoms with van der Waals surface area (Å²) < 4.78 is 5.45. The molecule has 1 atom stereocenters. The van der Waals surface area contributed by atoms with Crippen LogP contribution in [0.15, 0.2) is 24.3 Å². The van der Waals surface area contributed by atoms with E-state index in [-0.39, 0.29) is 30.9 Å². The Labute approximate surface area is 156 Å². The normalized spacial score (nSPS) is 16.7. The summed E-state index contributed by atoms with van der Waals surface area (Å²) in [6.45, 7) is 8.86. The summed E-state index contributed by atoms with van der Waals surface area (Å²) in [5.74, 6) is 0. The predicted octanol–water partition coefficient (Wildman–Crippen LogP) is 3.09. The Morgan fingerprint density at radius 2 is 1.83 bits per heavy atom. The van der Waals surface area contributed by atoms with Crippen LogP contribution in [0, 0.1) is 0 Å². The largest absolute Gasteiger partial charge is 0.389 e. The molecule has 0 radical (unpaired) electrons. The van der Waals surface area contributed by atoms with Gasteiger partial charge in [0.25, 0.3) is 0 Å². The first-order valence-electron chi connectivity index (χ1n) is 7.57. The Bertz CT molecular complexity index is 441. The Balaban J connectivity index is 0.00000242. The van der Waals surface area contributed by atoms with Crippen LogP contribution in [0.5, 0.6) is 0 Å². The molecule has 0 bridgehead atoms. The van der Waals surface area contributed by atoms with Crippen LogP contribution in [-0.4, -0.2) is 61.5 Å². The van der Waals surface area contributed by atoms with Gasteiger partial charge in [0.05, 0.1) is 18.8 Å². The zero-order valence-corrected chi connectivity index (χ0v) is 16.0. The van der Waals surface area contributed by atoms with Gasteiger partial charge in [0.2, 0.25) is 0 Å². The first-order valence-corrected chi connectivity index (χ1v) is 7.95. The number of β-amino-alcohol motifs (C(OH)–C–C–N with tert-alkyl or cyclic N) is 1. The average molecular weight is 386 g/mol. The zero-order valence-electron chi connectivity index (χ0n) is 13.7. The second-order valence-electron chi connectivity index (χ2n) is 5.80. The van der Waals surface area contributed by atoms with Gasteiger partial charge < -0.3 is 14.7 Å². The van der Waals surface area contributed by atoms with Crippen LogP contribution in [0.25, 0.3) is 0 Å². The van der Waals surface area contributed by atoms with Crippen LogP contribution in [0.4, 0.5) is 5.69 Å². The van der Waals surface area contributed by atoms with E-state index >= 15 is 0 Å². The minimum atomic E-state index is -0.412. The van der Waals surface area contributed by atoms with Gasteiger partial charge in [-0.1, -0.05) is 17.7 Å². The number of aliphatic hydroxyl groups is 1. The molecule has 1 aliphatic heterocycles. The van der Waals surface area contributed by atoms with Crippen molar-refractivity contribution in [3.8, 4) is 0 Å². The fourth-order valence-corrected chi connectivity index (χ4v) is 2.70. The molecule has 1 saturated heterocycles. The lowest BCUT2D eigenvalue weighted by molar-refractivity contribution is -0.00899. The van der Waals surface area contributed by atoms with Gasteiger partial charge in [-0.2, -0.15) is 0 Å². The van der Waals surface area contributed by atoms with Gasteiger partial charge in [-0.05, 0) is 32.0 Å². The fourth-order valence-electron chi connectivity index (χ4n) is 2.52. The van der Waals surface area contributed by atoms with Crippen molar-refractivity contribution in [2.45, 2.75) is 26.1 Å². The van der Waals surface area contributed by atoms with E-state index in [1.807, 2.05) is 32.0 Å². The molecule has 1 heterocycles. The van der Waals surface area contributed by atoms with Crippen molar-refractivity contribution in [2.75, 3.05) is 44.2 Å². The second-order valence-corrected chi connectivity index (χ2v) is 6.24. The number of benzene rings is 1. The third-order valence-electron chi connectivity index (χ3n) is 3.64. The molecular weight excluding hydrogens is 359 g/mol. The van der Waals surface area contributed by atoms with Crippen molar-refractivity contribution in [3.63, 3.8) is 0 Å². The van der Waals surface area contributed by atoms with Crippen LogP contribution >= 0.6 is 36.4 Å². The highest BCUT2D eigenvalue weighted by molar-refractivity contribution is 6.30. The lowest BCUT2D eigenvalue weighted by atomic mass is 10.2. The highest BCUT2D eigenvalue weighted by Gasteiger charge is 2.19. The van der Waals surface area contributed by atoms with Crippen molar-refractivity contribution in [3.05, 3.63) is 29.3 Å². The number of halogens is 3. The van der Waals surface area contributed by atoms with E-state index in [4.69, 9.17) is 16.3 Å². The summed E-state index contributed by atoms with van der Waals surface area (Å²) >= 11 is 6.04. The molecule has 0 aliphatic carbocycles. The molecule has 0 aromatic heterocycles. The molecule has 1 fully saturated rings. The monoisotopic (exact) mass is 384 g/mol. The van der Waals surface area contributed by atoms with Gasteiger partial charge in [-0.25, -0.2) is 0 Å². The van der Waals surface area contributed by atoms with Crippen molar-refractivity contribution < 1.29 is 9.84 Å². The Morgan fingerprint density at radius 3 is 2.39 bits per heavy atom. The zero-order chi connectivity index (χ0) is 15.2. The quantitative estimate of drug-likeness (QED) is 0.816. The minimum absolute atomic E-state index is 0. The molecule has 0 spiro atoms. The summed E-state index contributed by atoms with van der Waals surface area (Å²) in [6, 6.07) is 7.97. The molecule has 134 valence electrons. The predicted molar refractivity (Wildman–Crippen MR) is 102 cm³/mol. The number of rotatable bonds is 6. The average Bonchev–Trinajstić information content (AvgIpc) is 2.46. The molecule has 0 amide bonds. The summed E-state index contributed by atoms with van der Waals surface area (Å²) in [6.07, 6.45) is -0.246. The van der Waals surface area contributed by atoms with Gasteiger partial charge in [-0.3, -0.25) is 4.90 Å². The third-order valence-corrected chi connectivity index (χ3v) is 3.87. The van der Waals surface area contributed by atoms with E-state index in [0.29, 0.717) is 13.2 Å². The highest BCUT2D eigenvalue weighted by atomic mass is 35.5. The second kappa shape index (κ2) is 11.3. The molecule has 1 unspecified atom stereocenters. The van der Waals surface area contributed by atoms with Gasteiger partial charge in [0.1, 0.15) is 0 Å². The molecule has 0 saturated carbocycles. The van der Waals surface area contributed by atoms with Crippen LogP contribution in [-0.2, 0) is 4.74 Å². The number of hydrogen-bond donors (Lipinski definition) is 1. The SMILES string of the molecule is CC(C)OCC(O)CN1CCN(c2cccc(Cl)c2)CC1.Cl.Cl. The number of hydrogen-bond acceptors (Lipinski definition) is 4. The molecule has 2 rings (SSSR count). The van der Waals surface area contributed by atoms with Crippen molar-refractivity contribution in [2.24, 2.45) is 0 Å². The first-order chi connectivity index (χ1) is 10.0. The highest BCUT2D eigenvalue weighted by Crippen LogP contribution is 2.20. The van der Waals surface area contributed by atoms with E-state index in [2.05, 4.69) is 15.9 Å². The van der Waals surface area contributed by atoms with Crippen LogP contribution in [0.2, 0.25) is 5.02 Å². The van der Waals surface area contributed by atoms with Crippen molar-refractivity contribution in [1.82, 2.24) is 4.90 Å². The summed E-state index contributed by atoms with van der Waals surface area (Å²) in [5.41, 5.74) is 1.17. The fraction of sp³-hybridized carbons (Fsp3) is 0.625. The van der Waals surface area contributed by atoms with E-state index in [1.165, 1.54) is 5.69 Å². The van der Waals surface area contributed by atoms with E-state index in [9.17, 15) is 5.11 Å². The molecule has 23 heavy (non-hydrogen) atoms. The van der Waals surface area contributed by atoms with Crippen molar-refractivity contribution in [1.29, 1.82) is 0 Å². The van der Waals surface area contributed by atoms with Gasteiger partial charge >= 0.3 is 0 Å². The standard InChI is InChI=1S/C16H25ClN2O2.2ClH/c1-13(2)21-12-16(20)11-18-6-8-19(9-7-18)15-5-3-4-14(17)10-15;;/h3-5,10,13,16,20H,6-9,11-12H2,1-2H3;2*1H. The maximum absolute atomic E-state index is 9.97. The maximum Gasteiger partial charge on any atom is 0.0900 e. The summed E-state index contributed by atoms with van der Waals surface area (Å²) in [5, 5.41) is 10.7. The number of aliphatic hydroxyl groups excluding tert-OH is 1. The third kappa shape index (κ3) is 7.92. The molecule has 1 N–H and O–H groups in total. The lowest BCUT2D eigenvalue weighted by Crippen LogP contribution is -2.49. The smallest absolute Gasteiger partial charge is 0.0900 e. The Kier molecular flexibility index (Phi) is 11.2. The van der Waals surface area contributed by atoms with Crippen LogP contribution < -0.4 is 4.90 Å². The van der Waals surface area contributed by atoms with Crippen LogP contribution in [0.3, 0.4) is 0 Å². The molecule has 1 aromatic carbocycles. The number of nitrogens with zero attached hydrogens (tertiary/aromatic N) is 2. The Morgan fingerprint density at radius 1 is 1.17 bits per heavy atom. The van der Waals surface area contributed by atoms with Crippen LogP contribution in [0.1, 0.15) is 13.8 Å². The van der Waals surface area contributed by atoms with Gasteiger partial charge in [-0.15, -0.1) is 24.8 Å². The van der Waals surface area contributed by atoms with Crippen molar-refractivity contribution >= 4 is 42.1 Å². The van der Waals surface area contributed by atoms with E-state index in [1.54, 1.807) is 0 Å².